The highest BCUT2D eigenvalue weighted by Crippen LogP contribution is 2.50. The molecule has 9 heavy (non-hydrogen) atoms. The lowest BCUT2D eigenvalue weighted by atomic mass is 9.89. The van der Waals surface area contributed by atoms with Gasteiger partial charge in [0, 0.05) is 3.42 Å². The molecule has 2 fully saturated rings. The molecule has 1 heteroatoms. The Labute approximate surface area is 70.5 Å². The largest absolute Gasteiger partial charge is 0.0789 e. The molecule has 0 nitrogen and oxygen atoms in total. The fraction of sp³-hybridized carbons (Fsp3) is 1.00. The van der Waals surface area contributed by atoms with Crippen LogP contribution in [-0.2, 0) is 0 Å². The highest BCUT2D eigenvalue weighted by Gasteiger charge is 2.39. The molecule has 0 N–H and O–H groups in total. The summed E-state index contributed by atoms with van der Waals surface area (Å²) in [6.45, 7) is 0. The highest BCUT2D eigenvalue weighted by atomic mass is 127. The van der Waals surface area contributed by atoms with Crippen molar-refractivity contribution in [2.24, 2.45) is 5.92 Å². The van der Waals surface area contributed by atoms with Crippen LogP contribution in [0.5, 0.6) is 0 Å². The monoisotopic (exact) mass is 236 g/mol. The maximum Gasteiger partial charge on any atom is 0.0225 e. The normalized spacial score (nSPS) is 49.7. The number of fused-ring (bicyclic) bond motifs is 2. The minimum Gasteiger partial charge on any atom is -0.0789 e. The van der Waals surface area contributed by atoms with Gasteiger partial charge in [-0.1, -0.05) is 35.4 Å². The maximum atomic E-state index is 2.70. The van der Waals surface area contributed by atoms with Crippen LogP contribution in [0.15, 0.2) is 0 Å². The molecule has 2 saturated carbocycles. The summed E-state index contributed by atoms with van der Waals surface area (Å²) in [7, 11) is 0. The van der Waals surface area contributed by atoms with Crippen molar-refractivity contribution in [3.63, 3.8) is 0 Å². The molecule has 2 unspecified atom stereocenters. The predicted molar refractivity (Wildman–Crippen MR) is 47.9 cm³/mol. The Bertz CT molecular complexity index is 118. The van der Waals surface area contributed by atoms with Crippen LogP contribution >= 0.6 is 22.6 Å². The Hall–Kier alpha value is 0.730. The van der Waals surface area contributed by atoms with E-state index in [-0.39, 0.29) is 0 Å². The highest BCUT2D eigenvalue weighted by molar-refractivity contribution is 14.1. The van der Waals surface area contributed by atoms with Crippen molar-refractivity contribution < 1.29 is 0 Å². The van der Waals surface area contributed by atoms with Crippen LogP contribution in [0.1, 0.15) is 38.5 Å². The van der Waals surface area contributed by atoms with E-state index >= 15 is 0 Å². The lowest BCUT2D eigenvalue weighted by molar-refractivity contribution is 0.397. The first-order chi connectivity index (χ1) is 4.29. The fourth-order valence-corrected chi connectivity index (χ4v) is 3.68. The molecule has 2 aliphatic carbocycles. The molecule has 0 amide bonds. The molecule has 2 bridgehead atoms. The van der Waals surface area contributed by atoms with Gasteiger partial charge in [-0.2, -0.15) is 0 Å². The summed E-state index contributed by atoms with van der Waals surface area (Å²) in [6, 6.07) is 0. The molecule has 0 spiro atoms. The zero-order chi connectivity index (χ0) is 6.32. The average Bonchev–Trinajstić information content (AvgIpc) is 2.07. The third kappa shape index (κ3) is 1.13. The van der Waals surface area contributed by atoms with E-state index < -0.39 is 0 Å². The van der Waals surface area contributed by atoms with E-state index in [2.05, 4.69) is 22.6 Å². The van der Waals surface area contributed by atoms with E-state index in [9.17, 15) is 0 Å². The second kappa shape index (κ2) is 2.11. The van der Waals surface area contributed by atoms with E-state index in [0.29, 0.717) is 0 Å². The van der Waals surface area contributed by atoms with Crippen molar-refractivity contribution in [1.82, 2.24) is 0 Å². The second-order valence-electron chi connectivity index (χ2n) is 3.65. The van der Waals surface area contributed by atoms with Gasteiger partial charge in [0.25, 0.3) is 0 Å². The summed E-state index contributed by atoms with van der Waals surface area (Å²) in [6.07, 6.45) is 9.12. The summed E-state index contributed by atoms with van der Waals surface area (Å²) in [5.41, 5.74) is 0. The molecule has 2 aliphatic rings. The van der Waals surface area contributed by atoms with Crippen LogP contribution in [0.4, 0.5) is 0 Å². The van der Waals surface area contributed by atoms with Gasteiger partial charge in [-0.3, -0.25) is 0 Å². The molecule has 0 aromatic rings. The maximum absolute atomic E-state index is 2.70. The first-order valence-electron chi connectivity index (χ1n) is 3.97. The fourth-order valence-electron chi connectivity index (χ4n) is 2.37. The van der Waals surface area contributed by atoms with E-state index in [1.807, 2.05) is 0 Å². The molecule has 0 radical (unpaired) electrons. The van der Waals surface area contributed by atoms with Gasteiger partial charge in [0.05, 0.1) is 0 Å². The summed E-state index contributed by atoms with van der Waals surface area (Å²) in [5.74, 6) is 1.12. The van der Waals surface area contributed by atoms with Crippen LogP contribution in [-0.4, -0.2) is 3.42 Å². The van der Waals surface area contributed by atoms with Crippen LogP contribution in [0.2, 0.25) is 0 Å². The van der Waals surface area contributed by atoms with Gasteiger partial charge >= 0.3 is 0 Å². The molecule has 0 aromatic carbocycles. The molecular weight excluding hydrogens is 223 g/mol. The smallest absolute Gasteiger partial charge is 0.0225 e. The second-order valence-corrected chi connectivity index (χ2v) is 5.94. The third-order valence-electron chi connectivity index (χ3n) is 2.89. The molecule has 0 aliphatic heterocycles. The first-order valence-corrected chi connectivity index (χ1v) is 5.05. The Morgan fingerprint density at radius 3 is 2.78 bits per heavy atom. The van der Waals surface area contributed by atoms with Crippen LogP contribution in [0.3, 0.4) is 0 Å². The van der Waals surface area contributed by atoms with Gasteiger partial charge in [-0.25, -0.2) is 0 Å². The van der Waals surface area contributed by atoms with Crippen LogP contribution in [0.25, 0.3) is 0 Å². The van der Waals surface area contributed by atoms with Gasteiger partial charge < -0.3 is 0 Å². The van der Waals surface area contributed by atoms with Gasteiger partial charge in [0.1, 0.15) is 0 Å². The standard InChI is InChI=1S/C8H13I/c9-8-4-1-2-7(6-8)3-5-8/h7H,1-6H2. The van der Waals surface area contributed by atoms with Crippen molar-refractivity contribution in [3.05, 3.63) is 0 Å². The molecular formula is C8H13I. The van der Waals surface area contributed by atoms with Crippen molar-refractivity contribution >= 4 is 22.6 Å². The Morgan fingerprint density at radius 2 is 2.11 bits per heavy atom. The zero-order valence-electron chi connectivity index (χ0n) is 5.70. The number of halogens is 1. The topological polar surface area (TPSA) is 0 Å². The number of rotatable bonds is 0. The first kappa shape index (κ1) is 6.44. The van der Waals surface area contributed by atoms with Crippen molar-refractivity contribution in [3.8, 4) is 0 Å². The van der Waals surface area contributed by atoms with E-state index in [4.69, 9.17) is 0 Å². The molecule has 0 aromatic heterocycles. The van der Waals surface area contributed by atoms with Crippen LogP contribution in [0, 0.1) is 5.92 Å². The molecule has 2 atom stereocenters. The quantitative estimate of drug-likeness (QED) is 0.447. The molecule has 0 heterocycles. The molecule has 52 valence electrons. The number of hydrogen-bond donors (Lipinski definition) is 0. The van der Waals surface area contributed by atoms with Crippen molar-refractivity contribution in [2.75, 3.05) is 0 Å². The zero-order valence-corrected chi connectivity index (χ0v) is 7.86. The number of alkyl halides is 1. The van der Waals surface area contributed by atoms with Gasteiger partial charge in [0.15, 0.2) is 0 Å². The number of hydrogen-bond acceptors (Lipinski definition) is 0. The molecule has 2 rings (SSSR count). The average molecular weight is 236 g/mol. The lowest BCUT2D eigenvalue weighted by Gasteiger charge is -2.26. The third-order valence-corrected chi connectivity index (χ3v) is 4.41. The van der Waals surface area contributed by atoms with E-state index in [1.165, 1.54) is 38.5 Å². The summed E-state index contributed by atoms with van der Waals surface area (Å²) >= 11 is 2.70. The van der Waals surface area contributed by atoms with Gasteiger partial charge in [-0.15, -0.1) is 0 Å². The predicted octanol–water partition coefficient (Wildman–Crippen LogP) is 3.14. The summed E-state index contributed by atoms with van der Waals surface area (Å²) in [4.78, 5) is 0. The minimum atomic E-state index is 0.765. The Morgan fingerprint density at radius 1 is 1.22 bits per heavy atom. The van der Waals surface area contributed by atoms with Gasteiger partial charge in [0.2, 0.25) is 0 Å². The lowest BCUT2D eigenvalue weighted by Crippen LogP contribution is -2.19. The van der Waals surface area contributed by atoms with Crippen molar-refractivity contribution in [2.45, 2.75) is 41.9 Å². The Balaban J connectivity index is 2.13. The van der Waals surface area contributed by atoms with Crippen LogP contribution < -0.4 is 0 Å². The van der Waals surface area contributed by atoms with Crippen molar-refractivity contribution in [1.29, 1.82) is 0 Å². The summed E-state index contributed by atoms with van der Waals surface area (Å²) in [5, 5.41) is 0. The molecule has 0 saturated heterocycles. The van der Waals surface area contributed by atoms with Gasteiger partial charge in [-0.05, 0) is 31.6 Å². The minimum absolute atomic E-state index is 0.765. The summed E-state index contributed by atoms with van der Waals surface area (Å²) < 4.78 is 0.765. The Kier molecular flexibility index (Phi) is 1.51. The van der Waals surface area contributed by atoms with E-state index in [1.54, 1.807) is 0 Å². The van der Waals surface area contributed by atoms with E-state index in [0.717, 1.165) is 9.34 Å². The SMILES string of the molecule is IC12CCCC(CC1)C2.